The molecule has 0 radical (unpaired) electrons. The van der Waals surface area contributed by atoms with E-state index in [0.29, 0.717) is 13.0 Å². The molecular formula is C15H17NO4S. The molecule has 0 saturated carbocycles. The van der Waals surface area contributed by atoms with Gasteiger partial charge in [0.1, 0.15) is 6.61 Å². The molecule has 112 valence electrons. The molecule has 1 heterocycles. The molecule has 1 aliphatic heterocycles. The van der Waals surface area contributed by atoms with Crippen LogP contribution in [0.1, 0.15) is 17.5 Å². The monoisotopic (exact) mass is 307 g/mol. The molecule has 1 saturated heterocycles. The highest BCUT2D eigenvalue weighted by atomic mass is 32.2. The summed E-state index contributed by atoms with van der Waals surface area (Å²) in [6, 6.07) is 7.30. The molecule has 1 amide bonds. The predicted molar refractivity (Wildman–Crippen MR) is 79.0 cm³/mol. The molecule has 0 spiro atoms. The minimum atomic E-state index is -3.03. The van der Waals surface area contributed by atoms with Crippen molar-refractivity contribution in [1.29, 1.82) is 0 Å². The number of aliphatic hydroxyl groups is 1. The van der Waals surface area contributed by atoms with Crippen LogP contribution in [0.25, 0.3) is 0 Å². The van der Waals surface area contributed by atoms with Gasteiger partial charge in [0, 0.05) is 12.1 Å². The number of hydrogen-bond donors (Lipinski definition) is 2. The largest absolute Gasteiger partial charge is 0.384 e. The Morgan fingerprint density at radius 1 is 1.33 bits per heavy atom. The van der Waals surface area contributed by atoms with Crippen LogP contribution in [0.5, 0.6) is 0 Å². The predicted octanol–water partition coefficient (Wildman–Crippen LogP) is 0.0813. The van der Waals surface area contributed by atoms with Crippen LogP contribution in [0, 0.1) is 17.8 Å². The molecule has 1 aromatic carbocycles. The Morgan fingerprint density at radius 2 is 2.05 bits per heavy atom. The molecule has 21 heavy (non-hydrogen) atoms. The van der Waals surface area contributed by atoms with Gasteiger partial charge in [-0.15, -0.1) is 0 Å². The lowest BCUT2D eigenvalue weighted by Gasteiger charge is -2.09. The molecule has 0 aliphatic carbocycles. The molecule has 6 heteroatoms. The Morgan fingerprint density at radius 3 is 2.62 bits per heavy atom. The number of aliphatic hydroxyl groups excluding tert-OH is 1. The van der Waals surface area contributed by atoms with E-state index < -0.39 is 15.8 Å². The highest BCUT2D eigenvalue weighted by Gasteiger charge is 2.32. The van der Waals surface area contributed by atoms with Crippen LogP contribution < -0.4 is 5.32 Å². The topological polar surface area (TPSA) is 83.5 Å². The summed E-state index contributed by atoms with van der Waals surface area (Å²) >= 11 is 0. The fraction of sp³-hybridized carbons (Fsp3) is 0.400. The summed E-state index contributed by atoms with van der Waals surface area (Å²) in [5.41, 5.74) is 1.71. The van der Waals surface area contributed by atoms with Gasteiger partial charge in [-0.2, -0.15) is 0 Å². The standard InChI is InChI=1S/C15H17NO4S/c17-8-1-2-12-3-5-13(6-4-12)10-16-15(18)14-7-9-21(19,20)11-14/h3-6,14,17H,7-11H2,(H,16,18). The van der Waals surface area contributed by atoms with Gasteiger partial charge >= 0.3 is 0 Å². The van der Waals surface area contributed by atoms with Crippen molar-refractivity contribution in [2.45, 2.75) is 13.0 Å². The molecule has 1 atom stereocenters. The second-order valence-electron chi connectivity index (χ2n) is 4.97. The third-order valence-electron chi connectivity index (χ3n) is 3.34. The van der Waals surface area contributed by atoms with E-state index in [1.165, 1.54) is 0 Å². The van der Waals surface area contributed by atoms with Crippen LogP contribution in [-0.4, -0.2) is 37.5 Å². The van der Waals surface area contributed by atoms with Crippen LogP contribution in [0.15, 0.2) is 24.3 Å². The Hall–Kier alpha value is -1.84. The van der Waals surface area contributed by atoms with Crippen molar-refractivity contribution in [2.24, 2.45) is 5.92 Å². The summed E-state index contributed by atoms with van der Waals surface area (Å²) in [6.07, 6.45) is 0.407. The lowest BCUT2D eigenvalue weighted by molar-refractivity contribution is -0.124. The summed E-state index contributed by atoms with van der Waals surface area (Å²) in [4.78, 5) is 11.9. The first kappa shape index (κ1) is 15.5. The van der Waals surface area contributed by atoms with Crippen molar-refractivity contribution in [3.8, 4) is 11.8 Å². The number of amides is 1. The molecule has 2 N–H and O–H groups in total. The van der Waals surface area contributed by atoms with Gasteiger partial charge in [-0.3, -0.25) is 4.79 Å². The SMILES string of the molecule is O=C(NCc1ccc(C#CCO)cc1)C1CCS(=O)(=O)C1. The number of hydrogen-bond acceptors (Lipinski definition) is 4. The first-order valence-electron chi connectivity index (χ1n) is 6.67. The number of nitrogens with one attached hydrogen (secondary N) is 1. The van der Waals surface area contributed by atoms with Crippen LogP contribution in [0.4, 0.5) is 0 Å². The maximum atomic E-state index is 11.9. The second kappa shape index (κ2) is 6.74. The summed E-state index contributed by atoms with van der Waals surface area (Å²) < 4.78 is 22.7. The van der Waals surface area contributed by atoms with E-state index in [1.807, 2.05) is 24.3 Å². The van der Waals surface area contributed by atoms with E-state index in [0.717, 1.165) is 11.1 Å². The molecule has 1 aromatic rings. The first-order chi connectivity index (χ1) is 10.00. The zero-order valence-corrected chi connectivity index (χ0v) is 12.3. The average Bonchev–Trinajstić information content (AvgIpc) is 2.84. The van der Waals surface area contributed by atoms with E-state index >= 15 is 0 Å². The highest BCUT2D eigenvalue weighted by molar-refractivity contribution is 7.91. The third kappa shape index (κ3) is 4.59. The Labute approximate surface area is 124 Å². The molecule has 0 bridgehead atoms. The summed E-state index contributed by atoms with van der Waals surface area (Å²) in [5, 5.41) is 11.4. The average molecular weight is 307 g/mol. The first-order valence-corrected chi connectivity index (χ1v) is 8.49. The van der Waals surface area contributed by atoms with Crippen LogP contribution >= 0.6 is 0 Å². The van der Waals surface area contributed by atoms with E-state index in [1.54, 1.807) is 0 Å². The van der Waals surface area contributed by atoms with Gasteiger partial charge in [-0.05, 0) is 24.1 Å². The molecule has 1 unspecified atom stereocenters. The quantitative estimate of drug-likeness (QED) is 0.775. The van der Waals surface area contributed by atoms with Crippen molar-refractivity contribution in [2.75, 3.05) is 18.1 Å². The van der Waals surface area contributed by atoms with E-state index in [4.69, 9.17) is 5.11 Å². The van der Waals surface area contributed by atoms with Crippen LogP contribution in [0.2, 0.25) is 0 Å². The van der Waals surface area contributed by atoms with Crippen LogP contribution in [0.3, 0.4) is 0 Å². The Balaban J connectivity index is 1.87. The fourth-order valence-electron chi connectivity index (χ4n) is 2.18. The Kier molecular flexibility index (Phi) is 4.99. The molecule has 0 aromatic heterocycles. The Bertz CT molecular complexity index is 668. The van der Waals surface area contributed by atoms with Crippen molar-refractivity contribution >= 4 is 15.7 Å². The normalized spacial score (nSPS) is 19.6. The van der Waals surface area contributed by atoms with Crippen molar-refractivity contribution < 1.29 is 18.3 Å². The van der Waals surface area contributed by atoms with Crippen molar-refractivity contribution in [3.05, 3.63) is 35.4 Å². The zero-order chi connectivity index (χ0) is 15.3. The summed E-state index contributed by atoms with van der Waals surface area (Å²) in [7, 11) is -3.03. The summed E-state index contributed by atoms with van der Waals surface area (Å²) in [6.45, 7) is 0.186. The second-order valence-corrected chi connectivity index (χ2v) is 7.20. The number of carbonyl (C=O) groups is 1. The van der Waals surface area contributed by atoms with Gasteiger partial charge in [0.05, 0.1) is 17.4 Å². The maximum Gasteiger partial charge on any atom is 0.224 e. The van der Waals surface area contributed by atoms with Gasteiger partial charge in [0.25, 0.3) is 0 Å². The fourth-order valence-corrected chi connectivity index (χ4v) is 3.92. The number of carbonyl (C=O) groups excluding carboxylic acids is 1. The minimum Gasteiger partial charge on any atom is -0.384 e. The highest BCUT2D eigenvalue weighted by Crippen LogP contribution is 2.18. The lowest BCUT2D eigenvalue weighted by atomic mass is 10.1. The molecule has 2 rings (SSSR count). The number of sulfone groups is 1. The van der Waals surface area contributed by atoms with Crippen LogP contribution in [-0.2, 0) is 21.2 Å². The van der Waals surface area contributed by atoms with Gasteiger partial charge in [0.15, 0.2) is 9.84 Å². The molecule has 1 fully saturated rings. The zero-order valence-electron chi connectivity index (χ0n) is 11.5. The minimum absolute atomic E-state index is 0.0471. The molecule has 1 aliphatic rings. The molecular weight excluding hydrogens is 290 g/mol. The van der Waals surface area contributed by atoms with Crippen molar-refractivity contribution in [1.82, 2.24) is 5.32 Å². The van der Waals surface area contributed by atoms with Gasteiger partial charge in [0.2, 0.25) is 5.91 Å². The van der Waals surface area contributed by atoms with Crippen molar-refractivity contribution in [3.63, 3.8) is 0 Å². The van der Waals surface area contributed by atoms with E-state index in [9.17, 15) is 13.2 Å². The van der Waals surface area contributed by atoms with Gasteiger partial charge in [-0.1, -0.05) is 24.0 Å². The number of rotatable bonds is 3. The number of benzene rings is 1. The van der Waals surface area contributed by atoms with Gasteiger partial charge in [-0.25, -0.2) is 8.42 Å². The van der Waals surface area contributed by atoms with E-state index in [2.05, 4.69) is 17.2 Å². The summed E-state index contributed by atoms with van der Waals surface area (Å²) in [5.74, 6) is 4.76. The third-order valence-corrected chi connectivity index (χ3v) is 5.10. The van der Waals surface area contributed by atoms with Gasteiger partial charge < -0.3 is 10.4 Å². The lowest BCUT2D eigenvalue weighted by Crippen LogP contribution is -2.30. The van der Waals surface area contributed by atoms with E-state index in [-0.39, 0.29) is 24.0 Å². The maximum absolute atomic E-state index is 11.9. The molecule has 5 nitrogen and oxygen atoms in total. The smallest absolute Gasteiger partial charge is 0.224 e.